The van der Waals surface area contributed by atoms with Crippen LogP contribution in [0.2, 0.25) is 137 Å². The van der Waals surface area contributed by atoms with E-state index in [0.717, 1.165) is 0 Å². The molecule has 1 saturated carbocycles. The van der Waals surface area contributed by atoms with Crippen molar-refractivity contribution in [2.75, 3.05) is 0 Å². The normalized spacial score (nSPS) is 27.1. The van der Waals surface area contributed by atoms with E-state index in [1.165, 1.54) is 0 Å². The average Bonchev–Trinajstić information content (AvgIpc) is 2.62. The van der Waals surface area contributed by atoms with Gasteiger partial charge in [0.2, 0.25) is 0 Å². The minimum atomic E-state index is -4.08. The molecule has 0 N–H and O–H groups in total. The Labute approximate surface area is 278 Å². The molecule has 1 aliphatic rings. The second-order valence-corrected chi connectivity index (χ2v) is 52.2. The predicted molar refractivity (Wildman–Crippen MR) is 202 cm³/mol. The fourth-order valence-corrected chi connectivity index (χ4v) is 17.0. The minimum Gasteiger partial charge on any atom is -0.409 e. The molecule has 0 spiro atoms. The standard InChI is InChI=1S/C27H69O9PSi7/c1-38(2,3)30-23-22(29-37(28,35-43(16,17)18)36-44(19,20)21)24(31-39(4,5)6)26(33-41(10,11)12)27(34-42(13,14)15)25(23)32-40(7,8)9/h22-27H,1-21H3/t22?,23-,24+,25-,26-,27?/m0/s1. The Morgan fingerprint density at radius 3 is 0.659 bits per heavy atom. The van der Waals surface area contributed by atoms with Gasteiger partial charge in [0, 0.05) is 0 Å². The Morgan fingerprint density at radius 1 is 0.318 bits per heavy atom. The molecule has 0 radical (unpaired) electrons. The first kappa shape index (κ1) is 43.5. The van der Waals surface area contributed by atoms with Gasteiger partial charge in [0.05, 0.1) is 0 Å². The summed E-state index contributed by atoms with van der Waals surface area (Å²) in [5, 5.41) is 0. The summed E-state index contributed by atoms with van der Waals surface area (Å²) in [6, 6.07) is 0. The summed E-state index contributed by atoms with van der Waals surface area (Å²) in [4.78, 5) is 0. The quantitative estimate of drug-likeness (QED) is 0.113. The number of hydrogen-bond donors (Lipinski definition) is 0. The van der Waals surface area contributed by atoms with Crippen LogP contribution in [0.25, 0.3) is 0 Å². The molecule has 0 bridgehead atoms. The molecule has 1 rings (SSSR count). The Kier molecular flexibility index (Phi) is 14.5. The highest BCUT2D eigenvalue weighted by Crippen LogP contribution is 2.57. The summed E-state index contributed by atoms with van der Waals surface area (Å²) in [7, 11) is -19.8. The molecule has 1 fully saturated rings. The van der Waals surface area contributed by atoms with E-state index in [1.807, 2.05) is 39.3 Å². The van der Waals surface area contributed by atoms with Crippen molar-refractivity contribution in [1.82, 2.24) is 0 Å². The van der Waals surface area contributed by atoms with E-state index in [1.54, 1.807) is 0 Å². The van der Waals surface area contributed by atoms with Crippen molar-refractivity contribution >= 4 is 66.0 Å². The third kappa shape index (κ3) is 17.2. The van der Waals surface area contributed by atoms with Gasteiger partial charge >= 0.3 is 7.82 Å². The minimum absolute atomic E-state index is 0.460. The van der Waals surface area contributed by atoms with Crippen LogP contribution in [0.5, 0.6) is 0 Å². The van der Waals surface area contributed by atoms with Crippen molar-refractivity contribution < 1.29 is 39.6 Å². The van der Waals surface area contributed by atoms with Gasteiger partial charge in [-0.2, -0.15) is 0 Å². The van der Waals surface area contributed by atoms with Gasteiger partial charge in [-0.3, -0.25) is 4.52 Å². The molecule has 0 aromatic carbocycles. The lowest BCUT2D eigenvalue weighted by molar-refractivity contribution is -0.196. The zero-order valence-corrected chi connectivity index (χ0v) is 40.0. The fraction of sp³-hybridized carbons (Fsp3) is 1.00. The van der Waals surface area contributed by atoms with Crippen LogP contribution in [0.4, 0.5) is 0 Å². The molecule has 6 atom stereocenters. The molecule has 0 heterocycles. The van der Waals surface area contributed by atoms with Gasteiger partial charge in [-0.25, -0.2) is 4.57 Å². The van der Waals surface area contributed by atoms with E-state index in [-0.39, 0.29) is 0 Å². The maximum atomic E-state index is 14.9. The van der Waals surface area contributed by atoms with Gasteiger partial charge in [-0.05, 0) is 137 Å². The Morgan fingerprint density at radius 2 is 0.500 bits per heavy atom. The zero-order valence-electron chi connectivity index (χ0n) is 32.1. The van der Waals surface area contributed by atoms with Crippen molar-refractivity contribution in [3.8, 4) is 0 Å². The van der Waals surface area contributed by atoms with Gasteiger partial charge in [-0.15, -0.1) is 0 Å². The van der Waals surface area contributed by atoms with Gasteiger partial charge in [0.1, 0.15) is 36.6 Å². The highest BCUT2D eigenvalue weighted by atomic mass is 31.2. The van der Waals surface area contributed by atoms with Gasteiger partial charge < -0.3 is 30.6 Å². The topological polar surface area (TPSA) is 90.9 Å². The zero-order chi connectivity index (χ0) is 35.1. The van der Waals surface area contributed by atoms with Crippen LogP contribution in [0.3, 0.4) is 0 Å². The summed E-state index contributed by atoms with van der Waals surface area (Å²) in [5.74, 6) is 0. The SMILES string of the molecule is C[Si](C)(C)OC1[C@@H](O[Si](C)(C)C)[C@H](O[Si](C)(C)C)C(OP(=O)(O[Si](C)(C)C)O[Si](C)(C)C)[C@H](O[Si](C)(C)C)[C@@H]1O[Si](C)(C)C. The molecule has 0 amide bonds. The molecular formula is C27H69O9PSi7. The lowest BCUT2D eigenvalue weighted by atomic mass is 9.85. The van der Waals surface area contributed by atoms with E-state index in [2.05, 4.69) is 98.2 Å². The third-order valence-corrected chi connectivity index (χ3v) is 17.0. The van der Waals surface area contributed by atoms with Crippen molar-refractivity contribution in [2.24, 2.45) is 0 Å². The molecule has 264 valence electrons. The van der Waals surface area contributed by atoms with Crippen molar-refractivity contribution in [1.29, 1.82) is 0 Å². The van der Waals surface area contributed by atoms with Crippen LogP contribution in [-0.4, -0.2) is 94.8 Å². The Hall–Kier alpha value is 1.43. The summed E-state index contributed by atoms with van der Waals surface area (Å²) < 4.78 is 69.6. The van der Waals surface area contributed by atoms with Crippen molar-refractivity contribution in [3.05, 3.63) is 0 Å². The number of rotatable bonds is 16. The van der Waals surface area contributed by atoms with E-state index in [0.29, 0.717) is 0 Å². The third-order valence-electron chi connectivity index (χ3n) is 5.41. The first-order valence-electron chi connectivity index (χ1n) is 16.1. The molecule has 0 aliphatic heterocycles. The lowest BCUT2D eigenvalue weighted by Crippen LogP contribution is -2.72. The number of hydrogen-bond acceptors (Lipinski definition) is 9. The monoisotopic (exact) mass is 764 g/mol. The molecule has 0 saturated heterocycles. The largest absolute Gasteiger partial charge is 0.455 e. The van der Waals surface area contributed by atoms with Crippen LogP contribution in [0, 0.1) is 0 Å². The summed E-state index contributed by atoms with van der Waals surface area (Å²) in [6.45, 7) is 44.5. The number of phosphoric acid groups is 1. The fourth-order valence-electron chi connectivity index (χ4n) is 4.84. The summed E-state index contributed by atoms with van der Waals surface area (Å²) >= 11 is 0. The van der Waals surface area contributed by atoms with Gasteiger partial charge in [0.25, 0.3) is 0 Å². The lowest BCUT2D eigenvalue weighted by Gasteiger charge is -2.55. The van der Waals surface area contributed by atoms with Crippen molar-refractivity contribution in [3.63, 3.8) is 0 Å². The Bertz CT molecular complexity index is 908. The van der Waals surface area contributed by atoms with Crippen LogP contribution in [0.1, 0.15) is 0 Å². The van der Waals surface area contributed by atoms with Gasteiger partial charge in [0.15, 0.2) is 58.2 Å². The van der Waals surface area contributed by atoms with Crippen molar-refractivity contribution in [2.45, 2.75) is 174 Å². The maximum Gasteiger partial charge on any atom is 0.455 e. The first-order valence-corrected chi connectivity index (χ1v) is 41.4. The van der Waals surface area contributed by atoms with E-state index < -0.39 is 103 Å². The first-order chi connectivity index (χ1) is 19.0. The molecular weight excluding hydrogens is 696 g/mol. The predicted octanol–water partition coefficient (Wildman–Crippen LogP) is 9.30. The van der Waals surface area contributed by atoms with Crippen LogP contribution in [0.15, 0.2) is 0 Å². The average molecular weight is 765 g/mol. The van der Waals surface area contributed by atoms with Crippen LogP contribution < -0.4 is 0 Å². The molecule has 1 aliphatic carbocycles. The molecule has 0 aromatic rings. The maximum absolute atomic E-state index is 14.9. The van der Waals surface area contributed by atoms with E-state index in [4.69, 9.17) is 35.1 Å². The molecule has 9 nitrogen and oxygen atoms in total. The smallest absolute Gasteiger partial charge is 0.409 e. The van der Waals surface area contributed by atoms with Crippen LogP contribution >= 0.6 is 7.82 Å². The highest BCUT2D eigenvalue weighted by Gasteiger charge is 2.60. The van der Waals surface area contributed by atoms with E-state index >= 15 is 0 Å². The highest BCUT2D eigenvalue weighted by molar-refractivity contribution is 7.52. The second kappa shape index (κ2) is 14.7. The molecule has 17 heteroatoms. The van der Waals surface area contributed by atoms with Gasteiger partial charge in [-0.1, -0.05) is 0 Å². The van der Waals surface area contributed by atoms with E-state index in [9.17, 15) is 4.57 Å². The molecule has 2 unspecified atom stereocenters. The molecule has 44 heavy (non-hydrogen) atoms. The van der Waals surface area contributed by atoms with Crippen LogP contribution in [-0.2, 0) is 39.6 Å². The molecule has 0 aromatic heterocycles. The summed E-state index contributed by atoms with van der Waals surface area (Å²) in [6.07, 6.45) is -3.63. The summed E-state index contributed by atoms with van der Waals surface area (Å²) in [5.41, 5.74) is 0. The second-order valence-electron chi connectivity index (χ2n) is 18.9. The Balaban J connectivity index is 4.21.